The van der Waals surface area contributed by atoms with Crippen molar-refractivity contribution in [3.63, 3.8) is 0 Å². The molecule has 0 aliphatic carbocycles. The van der Waals surface area contributed by atoms with Gasteiger partial charge in [-0.1, -0.05) is 43.3 Å². The van der Waals surface area contributed by atoms with Crippen LogP contribution >= 0.6 is 0 Å². The van der Waals surface area contributed by atoms with E-state index in [1.807, 2.05) is 61.2 Å². The van der Waals surface area contributed by atoms with Crippen LogP contribution < -0.4 is 20.7 Å². The summed E-state index contributed by atoms with van der Waals surface area (Å²) in [5, 5.41) is 10.7. The van der Waals surface area contributed by atoms with Crippen LogP contribution in [0.15, 0.2) is 72.8 Å². The summed E-state index contributed by atoms with van der Waals surface area (Å²) >= 11 is 0. The SMILES string of the molecule is CCc1ccc(CN(CC(=O)Nc2ccc(OC(C)C)cc2)c2cccc(C(=N)N)c2)cc1. The number of carbonyl (C=O) groups excluding carboxylic acids is 1. The minimum absolute atomic E-state index is 0.00254. The van der Waals surface area contributed by atoms with E-state index < -0.39 is 0 Å². The fourth-order valence-electron chi connectivity index (χ4n) is 3.47. The van der Waals surface area contributed by atoms with Crippen molar-refractivity contribution in [2.75, 3.05) is 16.8 Å². The maximum atomic E-state index is 12.9. The molecule has 0 aliphatic rings. The molecular formula is C27H32N4O2. The molecule has 1 amide bonds. The third-order valence-corrected chi connectivity index (χ3v) is 5.17. The molecule has 0 unspecified atom stereocenters. The fourth-order valence-corrected chi connectivity index (χ4v) is 3.47. The van der Waals surface area contributed by atoms with Crippen molar-refractivity contribution in [2.24, 2.45) is 5.73 Å². The van der Waals surface area contributed by atoms with E-state index in [1.54, 1.807) is 6.07 Å². The van der Waals surface area contributed by atoms with Crippen LogP contribution in [0, 0.1) is 5.41 Å². The molecule has 0 aliphatic heterocycles. The van der Waals surface area contributed by atoms with Gasteiger partial charge in [0.15, 0.2) is 0 Å². The number of aryl methyl sites for hydroxylation is 1. The summed E-state index contributed by atoms with van der Waals surface area (Å²) in [5.74, 6) is 0.629. The van der Waals surface area contributed by atoms with Gasteiger partial charge in [0.05, 0.1) is 12.6 Å². The summed E-state index contributed by atoms with van der Waals surface area (Å²) < 4.78 is 5.66. The van der Waals surface area contributed by atoms with E-state index in [-0.39, 0.29) is 24.4 Å². The summed E-state index contributed by atoms with van der Waals surface area (Å²) in [6.07, 6.45) is 1.07. The van der Waals surface area contributed by atoms with Gasteiger partial charge in [-0.2, -0.15) is 0 Å². The number of hydrogen-bond donors (Lipinski definition) is 3. The van der Waals surface area contributed by atoms with Gasteiger partial charge in [0.1, 0.15) is 11.6 Å². The summed E-state index contributed by atoms with van der Waals surface area (Å²) in [6, 6.07) is 23.2. The van der Waals surface area contributed by atoms with Gasteiger partial charge < -0.3 is 20.7 Å². The number of carbonyl (C=O) groups is 1. The second-order valence-electron chi connectivity index (χ2n) is 8.23. The fraction of sp³-hybridized carbons (Fsp3) is 0.259. The highest BCUT2D eigenvalue weighted by Gasteiger charge is 2.14. The first-order valence-corrected chi connectivity index (χ1v) is 11.2. The molecule has 3 rings (SSSR count). The molecule has 6 heteroatoms. The first-order valence-electron chi connectivity index (χ1n) is 11.2. The highest BCUT2D eigenvalue weighted by molar-refractivity contribution is 5.97. The summed E-state index contributed by atoms with van der Waals surface area (Å²) in [5.41, 5.74) is 10.2. The minimum atomic E-state index is -0.133. The summed E-state index contributed by atoms with van der Waals surface area (Å²) in [4.78, 5) is 14.9. The zero-order valence-electron chi connectivity index (χ0n) is 19.5. The smallest absolute Gasteiger partial charge is 0.243 e. The number of nitrogens with one attached hydrogen (secondary N) is 2. The zero-order valence-corrected chi connectivity index (χ0v) is 19.5. The first-order chi connectivity index (χ1) is 15.8. The lowest BCUT2D eigenvalue weighted by molar-refractivity contribution is -0.115. The topological polar surface area (TPSA) is 91.4 Å². The molecule has 3 aromatic carbocycles. The largest absolute Gasteiger partial charge is 0.491 e. The summed E-state index contributed by atoms with van der Waals surface area (Å²) in [7, 11) is 0. The molecule has 0 aromatic heterocycles. The lowest BCUT2D eigenvalue weighted by Crippen LogP contribution is -2.33. The minimum Gasteiger partial charge on any atom is -0.491 e. The monoisotopic (exact) mass is 444 g/mol. The second kappa shape index (κ2) is 11.2. The van der Waals surface area contributed by atoms with E-state index in [0.717, 1.165) is 23.4 Å². The van der Waals surface area contributed by atoms with Gasteiger partial charge >= 0.3 is 0 Å². The maximum Gasteiger partial charge on any atom is 0.243 e. The van der Waals surface area contributed by atoms with Gasteiger partial charge in [0.2, 0.25) is 5.91 Å². The number of amidine groups is 1. The van der Waals surface area contributed by atoms with Crippen LogP contribution in [0.4, 0.5) is 11.4 Å². The molecule has 0 spiro atoms. The Bertz CT molecular complexity index is 1080. The van der Waals surface area contributed by atoms with Crippen molar-refractivity contribution in [3.8, 4) is 5.75 Å². The zero-order chi connectivity index (χ0) is 23.8. The molecule has 0 fully saturated rings. The number of nitrogens with two attached hydrogens (primary N) is 1. The van der Waals surface area contributed by atoms with E-state index in [1.165, 1.54) is 5.56 Å². The molecule has 0 radical (unpaired) electrons. The van der Waals surface area contributed by atoms with Crippen LogP contribution in [0.2, 0.25) is 0 Å². The van der Waals surface area contributed by atoms with E-state index in [2.05, 4.69) is 36.5 Å². The van der Waals surface area contributed by atoms with E-state index in [0.29, 0.717) is 17.8 Å². The van der Waals surface area contributed by atoms with Crippen molar-refractivity contribution in [2.45, 2.75) is 39.8 Å². The normalized spacial score (nSPS) is 10.7. The summed E-state index contributed by atoms with van der Waals surface area (Å²) in [6.45, 7) is 6.78. The first kappa shape index (κ1) is 23.9. The predicted octanol–water partition coefficient (Wildman–Crippen LogP) is 4.97. The van der Waals surface area contributed by atoms with Gasteiger partial charge in [-0.3, -0.25) is 10.2 Å². The Hall–Kier alpha value is -3.80. The van der Waals surface area contributed by atoms with Crippen LogP contribution in [-0.2, 0) is 17.8 Å². The standard InChI is InChI=1S/C27H32N4O2/c1-4-20-8-10-21(11-9-20)17-31(24-7-5-6-22(16-24)27(28)29)18-26(32)30-23-12-14-25(15-13-23)33-19(2)3/h5-16,19H,4,17-18H2,1-3H3,(H3,28,29)(H,30,32). The predicted molar refractivity (Wildman–Crippen MR) is 135 cm³/mol. The van der Waals surface area contributed by atoms with Gasteiger partial charge in [-0.15, -0.1) is 0 Å². The average molecular weight is 445 g/mol. The number of rotatable bonds is 10. The number of nitrogens with zero attached hydrogens (tertiary/aromatic N) is 1. The highest BCUT2D eigenvalue weighted by Crippen LogP contribution is 2.21. The van der Waals surface area contributed by atoms with Crippen LogP contribution in [0.5, 0.6) is 5.75 Å². The van der Waals surface area contributed by atoms with Crippen molar-refractivity contribution < 1.29 is 9.53 Å². The number of amides is 1. The number of anilines is 2. The van der Waals surface area contributed by atoms with Gasteiger partial charge in [-0.05, 0) is 67.8 Å². The highest BCUT2D eigenvalue weighted by atomic mass is 16.5. The Kier molecular flexibility index (Phi) is 8.08. The molecular weight excluding hydrogens is 412 g/mol. The molecule has 0 atom stereocenters. The molecule has 3 aromatic rings. The second-order valence-corrected chi connectivity index (χ2v) is 8.23. The molecule has 0 saturated carbocycles. The molecule has 6 nitrogen and oxygen atoms in total. The van der Waals surface area contributed by atoms with E-state index in [4.69, 9.17) is 15.9 Å². The number of nitrogen functional groups attached to an aromatic ring is 1. The van der Waals surface area contributed by atoms with Crippen molar-refractivity contribution >= 4 is 23.1 Å². The molecule has 33 heavy (non-hydrogen) atoms. The average Bonchev–Trinajstić information content (AvgIpc) is 2.80. The van der Waals surface area contributed by atoms with Gasteiger partial charge in [-0.25, -0.2) is 0 Å². The molecule has 0 saturated heterocycles. The van der Waals surface area contributed by atoms with Crippen LogP contribution in [0.1, 0.15) is 37.5 Å². The Balaban J connectivity index is 1.77. The van der Waals surface area contributed by atoms with Gasteiger partial charge in [0, 0.05) is 23.5 Å². The molecule has 0 bridgehead atoms. The molecule has 172 valence electrons. The molecule has 4 N–H and O–H groups in total. The van der Waals surface area contributed by atoms with Gasteiger partial charge in [0.25, 0.3) is 0 Å². The third kappa shape index (κ3) is 7.10. The van der Waals surface area contributed by atoms with Crippen LogP contribution in [0.3, 0.4) is 0 Å². The Morgan fingerprint density at radius 2 is 1.70 bits per heavy atom. The lowest BCUT2D eigenvalue weighted by atomic mass is 10.1. The Labute approximate surface area is 195 Å². The third-order valence-electron chi connectivity index (χ3n) is 5.17. The number of ether oxygens (including phenoxy) is 1. The number of benzene rings is 3. The van der Waals surface area contributed by atoms with E-state index in [9.17, 15) is 4.79 Å². The quantitative estimate of drug-likeness (QED) is 0.304. The maximum absolute atomic E-state index is 12.9. The van der Waals surface area contributed by atoms with E-state index >= 15 is 0 Å². The molecule has 0 heterocycles. The van der Waals surface area contributed by atoms with Crippen LogP contribution in [0.25, 0.3) is 0 Å². The van der Waals surface area contributed by atoms with Crippen molar-refractivity contribution in [1.29, 1.82) is 5.41 Å². The lowest BCUT2D eigenvalue weighted by Gasteiger charge is -2.25. The van der Waals surface area contributed by atoms with Crippen LogP contribution in [-0.4, -0.2) is 24.4 Å². The van der Waals surface area contributed by atoms with Crippen molar-refractivity contribution in [1.82, 2.24) is 0 Å². The Morgan fingerprint density at radius 1 is 1.03 bits per heavy atom. The van der Waals surface area contributed by atoms with Crippen molar-refractivity contribution in [3.05, 3.63) is 89.5 Å². The Morgan fingerprint density at radius 3 is 2.30 bits per heavy atom. The number of hydrogen-bond acceptors (Lipinski definition) is 4.